The molecular formula is C26H28N4O2. The van der Waals surface area contributed by atoms with Crippen LogP contribution in [-0.4, -0.2) is 40.0 Å². The summed E-state index contributed by atoms with van der Waals surface area (Å²) in [6.07, 6.45) is 1.71. The van der Waals surface area contributed by atoms with Crippen LogP contribution in [0.25, 0.3) is 21.8 Å². The minimum atomic E-state index is -0.0593. The summed E-state index contributed by atoms with van der Waals surface area (Å²) < 4.78 is 1.88. The smallest absolute Gasteiger partial charge is 0.326 e. The number of para-hydroxylation sites is 2. The molecule has 1 amide bonds. The average Bonchev–Trinajstić information content (AvgIpc) is 3.14. The van der Waals surface area contributed by atoms with Gasteiger partial charge in [-0.2, -0.15) is 0 Å². The third-order valence-electron chi connectivity index (χ3n) is 6.58. The van der Waals surface area contributed by atoms with Gasteiger partial charge in [-0.15, -0.1) is 0 Å². The van der Waals surface area contributed by atoms with Crippen molar-refractivity contribution in [3.63, 3.8) is 0 Å². The molecule has 1 fully saturated rings. The number of rotatable bonds is 5. The zero-order valence-electron chi connectivity index (χ0n) is 18.3. The highest BCUT2D eigenvalue weighted by Crippen LogP contribution is 2.26. The standard InChI is InChI=1S/C26H28N4O2/c1-18(21-10-6-8-19-7-2-3-9-22(19)21)27-25(31)17-29-15-13-20(14-16-29)30-24-12-5-4-11-23(24)28-26(30)32/h2-12,18,20H,13-17H2,1H3,(H,27,31)(H,28,32). The van der Waals surface area contributed by atoms with Crippen molar-refractivity contribution in [1.29, 1.82) is 0 Å². The first kappa shape index (κ1) is 20.5. The van der Waals surface area contributed by atoms with Crippen LogP contribution < -0.4 is 11.0 Å². The molecule has 6 nitrogen and oxygen atoms in total. The van der Waals surface area contributed by atoms with E-state index in [-0.39, 0.29) is 23.7 Å². The van der Waals surface area contributed by atoms with Crippen molar-refractivity contribution in [1.82, 2.24) is 19.8 Å². The quantitative estimate of drug-likeness (QED) is 0.505. The van der Waals surface area contributed by atoms with Gasteiger partial charge in [0.2, 0.25) is 5.91 Å². The summed E-state index contributed by atoms with van der Waals surface area (Å²) >= 11 is 0. The van der Waals surface area contributed by atoms with E-state index in [0.717, 1.165) is 42.5 Å². The largest absolute Gasteiger partial charge is 0.348 e. The molecule has 0 radical (unpaired) electrons. The number of nitrogens with zero attached hydrogens (tertiary/aromatic N) is 2. The maximum atomic E-state index is 12.8. The zero-order valence-corrected chi connectivity index (χ0v) is 18.3. The fourth-order valence-electron chi connectivity index (χ4n) is 4.97. The van der Waals surface area contributed by atoms with E-state index in [2.05, 4.69) is 39.5 Å². The van der Waals surface area contributed by atoms with Crippen molar-refractivity contribution in [2.24, 2.45) is 0 Å². The molecule has 0 bridgehead atoms. The number of aromatic nitrogens is 2. The van der Waals surface area contributed by atoms with Gasteiger partial charge in [-0.1, -0.05) is 54.6 Å². The number of H-pyrrole nitrogens is 1. The first-order valence-corrected chi connectivity index (χ1v) is 11.3. The van der Waals surface area contributed by atoms with Gasteiger partial charge in [-0.05, 0) is 48.2 Å². The minimum absolute atomic E-state index is 0.0353. The number of imidazole rings is 1. The number of amides is 1. The van der Waals surface area contributed by atoms with Crippen LogP contribution in [0.2, 0.25) is 0 Å². The van der Waals surface area contributed by atoms with Gasteiger partial charge in [0.15, 0.2) is 0 Å². The van der Waals surface area contributed by atoms with E-state index in [9.17, 15) is 9.59 Å². The fourth-order valence-corrected chi connectivity index (χ4v) is 4.97. The van der Waals surface area contributed by atoms with Crippen LogP contribution in [0.15, 0.2) is 71.5 Å². The molecule has 0 aliphatic carbocycles. The monoisotopic (exact) mass is 428 g/mol. The number of likely N-dealkylation sites (tertiary alicyclic amines) is 1. The number of hydrogen-bond donors (Lipinski definition) is 2. The van der Waals surface area contributed by atoms with E-state index < -0.39 is 0 Å². The van der Waals surface area contributed by atoms with Crippen molar-refractivity contribution in [3.05, 3.63) is 82.8 Å². The third kappa shape index (κ3) is 3.94. The summed E-state index contributed by atoms with van der Waals surface area (Å²) in [4.78, 5) is 30.4. The van der Waals surface area contributed by atoms with E-state index in [1.807, 2.05) is 54.0 Å². The van der Waals surface area contributed by atoms with Gasteiger partial charge in [0, 0.05) is 19.1 Å². The van der Waals surface area contributed by atoms with Crippen molar-refractivity contribution >= 4 is 27.7 Å². The van der Waals surface area contributed by atoms with E-state index in [4.69, 9.17) is 0 Å². The van der Waals surface area contributed by atoms with Crippen LogP contribution in [-0.2, 0) is 4.79 Å². The topological polar surface area (TPSA) is 70.1 Å². The predicted octanol–water partition coefficient (Wildman–Crippen LogP) is 4.00. The van der Waals surface area contributed by atoms with Gasteiger partial charge >= 0.3 is 5.69 Å². The number of fused-ring (bicyclic) bond motifs is 2. The Labute approximate surface area is 186 Å². The summed E-state index contributed by atoms with van der Waals surface area (Å²) in [6.45, 7) is 4.01. The summed E-state index contributed by atoms with van der Waals surface area (Å²) in [5.41, 5.74) is 2.92. The molecule has 1 unspecified atom stereocenters. The number of benzene rings is 3. The molecule has 3 aromatic carbocycles. The SMILES string of the molecule is CC(NC(=O)CN1CCC(n2c(=O)[nH]c3ccccc32)CC1)c1cccc2ccccc12. The molecule has 2 heterocycles. The summed E-state index contributed by atoms with van der Waals surface area (Å²) in [5, 5.41) is 5.52. The van der Waals surface area contributed by atoms with Crippen molar-refractivity contribution in [3.8, 4) is 0 Å². The van der Waals surface area contributed by atoms with Crippen molar-refractivity contribution < 1.29 is 4.79 Å². The minimum Gasteiger partial charge on any atom is -0.348 e. The maximum absolute atomic E-state index is 12.8. The molecule has 6 heteroatoms. The molecule has 2 N–H and O–H groups in total. The van der Waals surface area contributed by atoms with E-state index in [1.54, 1.807) is 0 Å². The second-order valence-corrected chi connectivity index (χ2v) is 8.68. The van der Waals surface area contributed by atoms with Gasteiger partial charge < -0.3 is 10.3 Å². The number of carbonyl (C=O) groups excluding carboxylic acids is 1. The predicted molar refractivity (Wildman–Crippen MR) is 128 cm³/mol. The van der Waals surface area contributed by atoms with Crippen LogP contribution >= 0.6 is 0 Å². The van der Waals surface area contributed by atoms with Gasteiger partial charge in [-0.3, -0.25) is 14.3 Å². The lowest BCUT2D eigenvalue weighted by Gasteiger charge is -2.32. The normalized spacial score (nSPS) is 16.4. The Hall–Kier alpha value is -3.38. The Bertz CT molecular complexity index is 1310. The highest BCUT2D eigenvalue weighted by molar-refractivity contribution is 5.87. The lowest BCUT2D eigenvalue weighted by molar-refractivity contribution is -0.123. The number of hydrogen-bond acceptors (Lipinski definition) is 3. The Morgan fingerprint density at radius 1 is 1.03 bits per heavy atom. The lowest BCUT2D eigenvalue weighted by atomic mass is 9.99. The van der Waals surface area contributed by atoms with E-state index >= 15 is 0 Å². The molecule has 1 aromatic heterocycles. The lowest BCUT2D eigenvalue weighted by Crippen LogP contribution is -2.43. The molecular weight excluding hydrogens is 400 g/mol. The van der Waals surface area contributed by atoms with Gasteiger partial charge in [-0.25, -0.2) is 4.79 Å². The van der Waals surface area contributed by atoms with E-state index in [0.29, 0.717) is 6.54 Å². The molecule has 1 atom stereocenters. The first-order valence-electron chi connectivity index (χ1n) is 11.3. The van der Waals surface area contributed by atoms with Gasteiger partial charge in [0.1, 0.15) is 0 Å². The Morgan fingerprint density at radius 3 is 2.59 bits per heavy atom. The zero-order chi connectivity index (χ0) is 22.1. The summed E-state index contributed by atoms with van der Waals surface area (Å²) in [7, 11) is 0. The molecule has 1 saturated heterocycles. The number of aromatic amines is 1. The molecule has 0 saturated carbocycles. The fraction of sp³-hybridized carbons (Fsp3) is 0.308. The molecule has 32 heavy (non-hydrogen) atoms. The van der Waals surface area contributed by atoms with Crippen LogP contribution in [0.4, 0.5) is 0 Å². The first-order chi connectivity index (χ1) is 15.6. The van der Waals surface area contributed by atoms with Crippen LogP contribution in [0.3, 0.4) is 0 Å². The maximum Gasteiger partial charge on any atom is 0.326 e. The van der Waals surface area contributed by atoms with Gasteiger partial charge in [0.25, 0.3) is 0 Å². The Kier molecular flexibility index (Phi) is 5.53. The van der Waals surface area contributed by atoms with Crippen LogP contribution in [0, 0.1) is 0 Å². The second kappa shape index (κ2) is 8.63. The Balaban J connectivity index is 1.20. The number of carbonyl (C=O) groups is 1. The highest BCUT2D eigenvalue weighted by atomic mass is 16.2. The summed E-state index contributed by atoms with van der Waals surface area (Å²) in [6, 6.07) is 22.4. The number of nitrogens with one attached hydrogen (secondary N) is 2. The molecule has 5 rings (SSSR count). The molecule has 4 aromatic rings. The average molecular weight is 429 g/mol. The van der Waals surface area contributed by atoms with Crippen molar-refractivity contribution in [2.75, 3.05) is 19.6 Å². The summed E-state index contributed by atoms with van der Waals surface area (Å²) in [5.74, 6) is 0.0353. The molecule has 0 spiro atoms. The molecule has 1 aliphatic rings. The van der Waals surface area contributed by atoms with E-state index in [1.165, 1.54) is 10.8 Å². The van der Waals surface area contributed by atoms with Gasteiger partial charge in [0.05, 0.1) is 23.6 Å². The second-order valence-electron chi connectivity index (χ2n) is 8.68. The molecule has 1 aliphatic heterocycles. The number of piperidine rings is 1. The van der Waals surface area contributed by atoms with Crippen molar-refractivity contribution in [2.45, 2.75) is 31.8 Å². The van der Waals surface area contributed by atoms with Crippen LogP contribution in [0.1, 0.15) is 37.4 Å². The molecule has 164 valence electrons. The third-order valence-corrected chi connectivity index (χ3v) is 6.58. The highest BCUT2D eigenvalue weighted by Gasteiger charge is 2.25. The Morgan fingerprint density at radius 2 is 1.75 bits per heavy atom. The van der Waals surface area contributed by atoms with Crippen LogP contribution in [0.5, 0.6) is 0 Å².